The van der Waals surface area contributed by atoms with Crippen molar-refractivity contribution in [3.63, 3.8) is 0 Å². The zero-order valence-electron chi connectivity index (χ0n) is 11.0. The first-order valence-corrected chi connectivity index (χ1v) is 5.98. The summed E-state index contributed by atoms with van der Waals surface area (Å²) in [6.07, 6.45) is -0.0569. The van der Waals surface area contributed by atoms with E-state index in [2.05, 4.69) is 30.4 Å². The van der Waals surface area contributed by atoms with Gasteiger partial charge in [0.25, 0.3) is 0 Å². The van der Waals surface area contributed by atoms with Gasteiger partial charge in [0.2, 0.25) is 0 Å². The maximum atomic E-state index is 11.4. The van der Waals surface area contributed by atoms with Crippen LogP contribution < -0.4 is 5.32 Å². The van der Waals surface area contributed by atoms with Crippen LogP contribution in [-0.4, -0.2) is 18.6 Å². The van der Waals surface area contributed by atoms with Gasteiger partial charge in [0.15, 0.2) is 0 Å². The molecule has 0 bridgehead atoms. The number of aryl methyl sites for hydroxylation is 1. The maximum absolute atomic E-state index is 11.4. The molecule has 94 valence electrons. The Morgan fingerprint density at radius 3 is 2.65 bits per heavy atom. The van der Waals surface area contributed by atoms with Crippen molar-refractivity contribution in [3.05, 3.63) is 35.4 Å². The van der Waals surface area contributed by atoms with Gasteiger partial charge >= 0.3 is 5.97 Å². The van der Waals surface area contributed by atoms with E-state index in [4.69, 9.17) is 4.74 Å². The summed E-state index contributed by atoms with van der Waals surface area (Å²) >= 11 is 0. The second kappa shape index (κ2) is 6.40. The maximum Gasteiger partial charge on any atom is 0.320 e. The van der Waals surface area contributed by atoms with Gasteiger partial charge < -0.3 is 10.1 Å². The van der Waals surface area contributed by atoms with Crippen LogP contribution in [0.1, 0.15) is 37.9 Å². The molecule has 3 nitrogen and oxygen atoms in total. The zero-order valence-corrected chi connectivity index (χ0v) is 11.0. The van der Waals surface area contributed by atoms with E-state index in [0.29, 0.717) is 0 Å². The Morgan fingerprint density at radius 1 is 1.35 bits per heavy atom. The molecule has 0 unspecified atom stereocenters. The van der Waals surface area contributed by atoms with E-state index < -0.39 is 0 Å². The average molecular weight is 235 g/mol. The average Bonchev–Trinajstić information content (AvgIpc) is 2.25. The summed E-state index contributed by atoms with van der Waals surface area (Å²) < 4.78 is 5.06. The van der Waals surface area contributed by atoms with Gasteiger partial charge in [-0.05, 0) is 33.3 Å². The van der Waals surface area contributed by atoms with Crippen LogP contribution in [0, 0.1) is 6.92 Å². The molecule has 0 amide bonds. The van der Waals surface area contributed by atoms with Crippen molar-refractivity contribution in [3.8, 4) is 0 Å². The lowest BCUT2D eigenvalue weighted by Crippen LogP contribution is -2.28. The largest absolute Gasteiger partial charge is 0.462 e. The van der Waals surface area contributed by atoms with E-state index in [-0.39, 0.29) is 24.7 Å². The molecule has 0 heterocycles. The highest BCUT2D eigenvalue weighted by Crippen LogP contribution is 2.13. The standard InChI is InChI=1S/C14H21NO2/c1-10(2)17-14(16)9-15-12(4)13-7-5-6-11(3)8-13/h5-8,10,12,15H,9H2,1-4H3/t12-/m1/s1. The van der Waals surface area contributed by atoms with Crippen LogP contribution in [0.15, 0.2) is 24.3 Å². The number of hydrogen-bond donors (Lipinski definition) is 1. The third-order valence-corrected chi connectivity index (χ3v) is 2.46. The fraction of sp³-hybridized carbons (Fsp3) is 0.500. The van der Waals surface area contributed by atoms with Crippen molar-refractivity contribution in [2.45, 2.75) is 39.8 Å². The van der Waals surface area contributed by atoms with Gasteiger partial charge in [-0.15, -0.1) is 0 Å². The third kappa shape index (κ3) is 5.00. The molecule has 1 aromatic rings. The monoisotopic (exact) mass is 235 g/mol. The lowest BCUT2D eigenvalue weighted by molar-refractivity contribution is -0.146. The molecular weight excluding hydrogens is 214 g/mol. The topological polar surface area (TPSA) is 38.3 Å². The Hall–Kier alpha value is -1.35. The number of carbonyl (C=O) groups is 1. The van der Waals surface area contributed by atoms with Crippen molar-refractivity contribution in [1.29, 1.82) is 0 Å². The SMILES string of the molecule is Cc1cccc([C@@H](C)NCC(=O)OC(C)C)c1. The quantitative estimate of drug-likeness (QED) is 0.797. The minimum Gasteiger partial charge on any atom is -0.462 e. The molecule has 17 heavy (non-hydrogen) atoms. The highest BCUT2D eigenvalue weighted by atomic mass is 16.5. The normalized spacial score (nSPS) is 12.5. The van der Waals surface area contributed by atoms with Gasteiger partial charge in [-0.25, -0.2) is 0 Å². The van der Waals surface area contributed by atoms with Gasteiger partial charge in [0.1, 0.15) is 0 Å². The number of carbonyl (C=O) groups excluding carboxylic acids is 1. The van der Waals surface area contributed by atoms with Crippen molar-refractivity contribution in [1.82, 2.24) is 5.32 Å². The summed E-state index contributed by atoms with van der Waals surface area (Å²) in [7, 11) is 0. The smallest absolute Gasteiger partial charge is 0.320 e. The molecule has 0 aliphatic carbocycles. The number of esters is 1. The van der Waals surface area contributed by atoms with E-state index >= 15 is 0 Å². The van der Waals surface area contributed by atoms with Crippen LogP contribution >= 0.6 is 0 Å². The van der Waals surface area contributed by atoms with Crippen LogP contribution in [0.25, 0.3) is 0 Å². The van der Waals surface area contributed by atoms with E-state index in [1.165, 1.54) is 11.1 Å². The van der Waals surface area contributed by atoms with Gasteiger partial charge in [-0.1, -0.05) is 29.8 Å². The summed E-state index contributed by atoms with van der Waals surface area (Å²) in [4.78, 5) is 11.4. The zero-order chi connectivity index (χ0) is 12.8. The Morgan fingerprint density at radius 2 is 2.06 bits per heavy atom. The van der Waals surface area contributed by atoms with E-state index in [1.807, 2.05) is 26.8 Å². The molecule has 1 rings (SSSR count). The second-order valence-electron chi connectivity index (χ2n) is 4.56. The molecule has 1 aromatic carbocycles. The summed E-state index contributed by atoms with van der Waals surface area (Å²) in [5.74, 6) is -0.209. The third-order valence-electron chi connectivity index (χ3n) is 2.46. The number of rotatable bonds is 5. The predicted octanol–water partition coefficient (Wildman–Crippen LogP) is 2.60. The molecule has 0 saturated heterocycles. The van der Waals surface area contributed by atoms with Gasteiger partial charge in [-0.2, -0.15) is 0 Å². The van der Waals surface area contributed by atoms with Crippen LogP contribution in [0.3, 0.4) is 0 Å². The van der Waals surface area contributed by atoms with Crippen molar-refractivity contribution >= 4 is 5.97 Å². The highest BCUT2D eigenvalue weighted by Gasteiger charge is 2.09. The molecule has 3 heteroatoms. The highest BCUT2D eigenvalue weighted by molar-refractivity contribution is 5.71. The summed E-state index contributed by atoms with van der Waals surface area (Å²) in [5.41, 5.74) is 2.41. The Labute approximate surface area is 103 Å². The summed E-state index contributed by atoms with van der Waals surface area (Å²) in [6.45, 7) is 8.04. The number of nitrogens with one attached hydrogen (secondary N) is 1. The number of ether oxygens (including phenoxy) is 1. The van der Waals surface area contributed by atoms with Crippen molar-refractivity contribution < 1.29 is 9.53 Å². The first-order chi connectivity index (χ1) is 7.99. The van der Waals surface area contributed by atoms with Crippen LogP contribution in [0.4, 0.5) is 0 Å². The first-order valence-electron chi connectivity index (χ1n) is 5.98. The lowest BCUT2D eigenvalue weighted by Gasteiger charge is -2.15. The van der Waals surface area contributed by atoms with Crippen LogP contribution in [0.5, 0.6) is 0 Å². The van der Waals surface area contributed by atoms with Gasteiger partial charge in [0, 0.05) is 6.04 Å². The predicted molar refractivity (Wildman–Crippen MR) is 68.8 cm³/mol. The summed E-state index contributed by atoms with van der Waals surface area (Å²) in [6, 6.07) is 8.40. The lowest BCUT2D eigenvalue weighted by atomic mass is 10.1. The Balaban J connectivity index is 2.44. The summed E-state index contributed by atoms with van der Waals surface area (Å²) in [5, 5.41) is 3.16. The van der Waals surface area contributed by atoms with Crippen LogP contribution in [-0.2, 0) is 9.53 Å². The molecule has 0 spiro atoms. The van der Waals surface area contributed by atoms with Crippen LogP contribution in [0.2, 0.25) is 0 Å². The molecule has 0 saturated carbocycles. The Kier molecular flexibility index (Phi) is 5.16. The van der Waals surface area contributed by atoms with Gasteiger partial charge in [0.05, 0.1) is 12.6 Å². The molecule has 0 radical (unpaired) electrons. The molecule has 1 atom stereocenters. The molecule has 0 aliphatic rings. The van der Waals surface area contributed by atoms with Gasteiger partial charge in [-0.3, -0.25) is 4.79 Å². The van der Waals surface area contributed by atoms with E-state index in [9.17, 15) is 4.79 Å². The minimum atomic E-state index is -0.209. The fourth-order valence-corrected chi connectivity index (χ4v) is 1.60. The number of hydrogen-bond acceptors (Lipinski definition) is 3. The minimum absolute atomic E-state index is 0.0569. The second-order valence-corrected chi connectivity index (χ2v) is 4.56. The molecule has 0 aromatic heterocycles. The molecule has 0 aliphatic heterocycles. The molecular formula is C14H21NO2. The fourth-order valence-electron chi connectivity index (χ4n) is 1.60. The molecule has 0 fully saturated rings. The van der Waals surface area contributed by atoms with E-state index in [0.717, 1.165) is 0 Å². The number of benzene rings is 1. The Bertz CT molecular complexity index is 374. The first kappa shape index (κ1) is 13.7. The van der Waals surface area contributed by atoms with Crippen molar-refractivity contribution in [2.75, 3.05) is 6.54 Å². The molecule has 1 N–H and O–H groups in total. The van der Waals surface area contributed by atoms with Crippen molar-refractivity contribution in [2.24, 2.45) is 0 Å². The van der Waals surface area contributed by atoms with E-state index in [1.54, 1.807) is 0 Å².